The van der Waals surface area contributed by atoms with Crippen LogP contribution in [0.1, 0.15) is 64.7 Å². The number of Topliss-reactive ketones (excluding diaryl/α,β-unsaturated/α-hetero) is 1. The van der Waals surface area contributed by atoms with Crippen LogP contribution in [-0.2, 0) is 9.59 Å². The highest BCUT2D eigenvalue weighted by Gasteiger charge is 2.33. The average Bonchev–Trinajstić information content (AvgIpc) is 2.41. The molecule has 0 unspecified atom stereocenters. The largest absolute Gasteiger partial charge is 0.481 e. The van der Waals surface area contributed by atoms with Gasteiger partial charge >= 0.3 is 5.97 Å². The maximum atomic E-state index is 12.1. The van der Waals surface area contributed by atoms with Crippen molar-refractivity contribution in [3.63, 3.8) is 0 Å². The van der Waals surface area contributed by atoms with Gasteiger partial charge in [-0.3, -0.25) is 9.59 Å². The fourth-order valence-corrected chi connectivity index (χ4v) is 2.49. The highest BCUT2D eigenvalue weighted by atomic mass is 35.5. The first-order valence-electron chi connectivity index (χ1n) is 8.40. The van der Waals surface area contributed by atoms with Gasteiger partial charge in [0, 0.05) is 12.8 Å². The van der Waals surface area contributed by atoms with Crippen LogP contribution < -0.4 is 0 Å². The van der Waals surface area contributed by atoms with E-state index in [0.717, 1.165) is 19.3 Å². The predicted octanol–water partition coefficient (Wildman–Crippen LogP) is 4.06. The van der Waals surface area contributed by atoms with Crippen molar-refractivity contribution in [3.05, 3.63) is 0 Å². The summed E-state index contributed by atoms with van der Waals surface area (Å²) < 4.78 is 0.441. The van der Waals surface area contributed by atoms with E-state index in [4.69, 9.17) is 11.6 Å². The zero-order valence-corrected chi connectivity index (χ0v) is 15.4. The van der Waals surface area contributed by atoms with E-state index in [1.165, 1.54) is 25.7 Å². The Bertz CT molecular complexity index is 339. The molecule has 0 fully saturated rings. The third-order valence-corrected chi connectivity index (χ3v) is 4.75. The number of halogens is 1. The van der Waals surface area contributed by atoms with Crippen LogP contribution in [0.2, 0.25) is 0 Å². The van der Waals surface area contributed by atoms with Crippen molar-refractivity contribution in [2.24, 2.45) is 5.92 Å². The second kappa shape index (κ2) is 11.0. The summed E-state index contributed by atoms with van der Waals surface area (Å²) >= 11 is 6.23. The SMILES string of the molecule is CCCCCCCCCC(=O)[C@H](C[C@H](Cl)[N+](C)(C)C)C(=O)O. The third kappa shape index (κ3) is 9.42. The van der Waals surface area contributed by atoms with Crippen LogP contribution in [0.25, 0.3) is 0 Å². The van der Waals surface area contributed by atoms with Crippen LogP contribution in [0.5, 0.6) is 0 Å². The van der Waals surface area contributed by atoms with Gasteiger partial charge in [0.1, 0.15) is 11.7 Å². The van der Waals surface area contributed by atoms with Crippen LogP contribution in [0, 0.1) is 5.92 Å². The van der Waals surface area contributed by atoms with Crippen LogP contribution in [0.3, 0.4) is 0 Å². The summed E-state index contributed by atoms with van der Waals surface area (Å²) in [5, 5.41) is 9.27. The van der Waals surface area contributed by atoms with Gasteiger partial charge in [-0.1, -0.05) is 57.0 Å². The summed E-state index contributed by atoms with van der Waals surface area (Å²) in [7, 11) is 5.70. The first-order valence-corrected chi connectivity index (χ1v) is 8.84. The summed E-state index contributed by atoms with van der Waals surface area (Å²) in [5.41, 5.74) is -0.376. The Hall–Kier alpha value is -0.610. The second-order valence-corrected chi connectivity index (χ2v) is 7.52. The maximum absolute atomic E-state index is 12.1. The number of carbonyl (C=O) groups excluding carboxylic acids is 1. The monoisotopic (exact) mass is 334 g/mol. The Kier molecular flexibility index (Phi) is 10.7. The van der Waals surface area contributed by atoms with Gasteiger partial charge in [0.15, 0.2) is 5.50 Å². The highest BCUT2D eigenvalue weighted by molar-refractivity contribution is 6.20. The van der Waals surface area contributed by atoms with Crippen molar-refractivity contribution >= 4 is 23.4 Å². The summed E-state index contributed by atoms with van der Waals surface area (Å²) in [5.74, 6) is -2.20. The number of alkyl halides is 1. The Balaban J connectivity index is 4.14. The molecular formula is C17H33ClNO3+. The molecule has 0 aromatic carbocycles. The lowest BCUT2D eigenvalue weighted by Crippen LogP contribution is -2.44. The number of carbonyl (C=O) groups is 2. The van der Waals surface area contributed by atoms with Gasteiger partial charge in [0.2, 0.25) is 0 Å². The molecule has 0 aromatic heterocycles. The number of aliphatic carboxylic acids is 1. The molecular weight excluding hydrogens is 302 g/mol. The minimum atomic E-state index is -1.05. The number of hydrogen-bond donors (Lipinski definition) is 1. The van der Waals surface area contributed by atoms with Gasteiger partial charge in [0.05, 0.1) is 21.1 Å². The van der Waals surface area contributed by atoms with Crippen LogP contribution in [-0.4, -0.2) is 48.0 Å². The molecule has 0 radical (unpaired) electrons. The zero-order chi connectivity index (χ0) is 17.2. The predicted molar refractivity (Wildman–Crippen MR) is 91.0 cm³/mol. The van der Waals surface area contributed by atoms with E-state index in [2.05, 4.69) is 6.92 Å². The number of nitrogens with zero attached hydrogens (tertiary/aromatic N) is 1. The molecule has 0 heterocycles. The van der Waals surface area contributed by atoms with Gasteiger partial charge in [-0.2, -0.15) is 0 Å². The van der Waals surface area contributed by atoms with Crippen molar-refractivity contribution < 1.29 is 19.2 Å². The molecule has 0 rings (SSSR count). The molecule has 0 aromatic rings. The Labute approximate surface area is 140 Å². The smallest absolute Gasteiger partial charge is 0.314 e. The van der Waals surface area contributed by atoms with Crippen molar-refractivity contribution in [2.75, 3.05) is 21.1 Å². The van der Waals surface area contributed by atoms with Crippen molar-refractivity contribution in [3.8, 4) is 0 Å². The lowest BCUT2D eigenvalue weighted by atomic mass is 9.95. The molecule has 0 saturated carbocycles. The second-order valence-electron chi connectivity index (χ2n) is 7.01. The van der Waals surface area contributed by atoms with Crippen molar-refractivity contribution in [2.45, 2.75) is 70.2 Å². The van der Waals surface area contributed by atoms with Crippen LogP contribution in [0.4, 0.5) is 0 Å². The van der Waals surface area contributed by atoms with E-state index in [-0.39, 0.29) is 17.7 Å². The molecule has 1 N–H and O–H groups in total. The van der Waals surface area contributed by atoms with Crippen molar-refractivity contribution in [1.29, 1.82) is 0 Å². The van der Waals surface area contributed by atoms with Crippen molar-refractivity contribution in [1.82, 2.24) is 0 Å². The van der Waals surface area contributed by atoms with Crippen LogP contribution >= 0.6 is 11.6 Å². The van der Waals surface area contributed by atoms with Gasteiger partial charge in [0.25, 0.3) is 0 Å². The summed E-state index contributed by atoms with van der Waals surface area (Å²) in [6.07, 6.45) is 8.40. The van der Waals surface area contributed by atoms with Gasteiger partial charge in [-0.25, -0.2) is 0 Å². The lowest BCUT2D eigenvalue weighted by Gasteiger charge is -2.30. The number of hydrogen-bond acceptors (Lipinski definition) is 2. The number of carboxylic acid groups (broad SMARTS) is 1. The lowest BCUT2D eigenvalue weighted by molar-refractivity contribution is -0.883. The van der Waals surface area contributed by atoms with Crippen LogP contribution in [0.15, 0.2) is 0 Å². The summed E-state index contributed by atoms with van der Waals surface area (Å²) in [4.78, 5) is 23.5. The Morgan fingerprint density at radius 1 is 1.00 bits per heavy atom. The molecule has 2 atom stereocenters. The topological polar surface area (TPSA) is 54.4 Å². The number of ketones is 1. The molecule has 5 heteroatoms. The first-order chi connectivity index (χ1) is 10.2. The normalized spacial score (nSPS) is 14.6. The quantitative estimate of drug-likeness (QED) is 0.182. The minimum absolute atomic E-state index is 0.180. The molecule has 0 aliphatic heterocycles. The Morgan fingerprint density at radius 3 is 1.95 bits per heavy atom. The fourth-order valence-electron chi connectivity index (χ4n) is 2.31. The standard InChI is InChI=1S/C17H32ClNO3/c1-5-6-7-8-9-10-11-12-15(20)14(17(21)22)13-16(18)19(2,3)4/h14,16H,5-13H2,1-4H3/p+1/t14-,16+/m0/s1. The molecule has 130 valence electrons. The van der Waals surface area contributed by atoms with Gasteiger partial charge in [-0.15, -0.1) is 0 Å². The van der Waals surface area contributed by atoms with E-state index in [9.17, 15) is 14.7 Å². The molecule has 0 bridgehead atoms. The fraction of sp³-hybridized carbons (Fsp3) is 0.882. The number of quaternary nitrogens is 1. The molecule has 0 amide bonds. The first kappa shape index (κ1) is 21.4. The molecule has 0 aliphatic carbocycles. The van der Waals surface area contributed by atoms with E-state index in [1.54, 1.807) is 0 Å². The summed E-state index contributed by atoms with van der Waals surface area (Å²) in [6.45, 7) is 2.19. The average molecular weight is 335 g/mol. The highest BCUT2D eigenvalue weighted by Crippen LogP contribution is 2.21. The van der Waals surface area contributed by atoms with E-state index in [1.807, 2.05) is 21.1 Å². The Morgan fingerprint density at radius 2 is 1.50 bits per heavy atom. The maximum Gasteiger partial charge on any atom is 0.314 e. The van der Waals surface area contributed by atoms with E-state index in [0.29, 0.717) is 10.9 Å². The van der Waals surface area contributed by atoms with E-state index >= 15 is 0 Å². The van der Waals surface area contributed by atoms with Gasteiger partial charge in [-0.05, 0) is 6.42 Å². The molecule has 4 nitrogen and oxygen atoms in total. The van der Waals surface area contributed by atoms with E-state index < -0.39 is 11.9 Å². The molecule has 22 heavy (non-hydrogen) atoms. The number of unbranched alkanes of at least 4 members (excludes halogenated alkanes) is 6. The molecule has 0 aliphatic rings. The third-order valence-electron chi connectivity index (χ3n) is 3.98. The van der Waals surface area contributed by atoms with Gasteiger partial charge < -0.3 is 9.59 Å². The zero-order valence-electron chi connectivity index (χ0n) is 14.6. The number of carboxylic acids is 1. The molecule has 0 saturated heterocycles. The number of rotatable bonds is 13. The summed E-state index contributed by atoms with van der Waals surface area (Å²) in [6, 6.07) is 0. The minimum Gasteiger partial charge on any atom is -0.481 e. The molecule has 0 spiro atoms.